The van der Waals surface area contributed by atoms with Crippen LogP contribution in [0.15, 0.2) is 59.2 Å². The molecule has 0 aliphatic rings. The number of aryl methyl sites for hydroxylation is 1. The van der Waals surface area contributed by atoms with E-state index < -0.39 is 0 Å². The van der Waals surface area contributed by atoms with Crippen molar-refractivity contribution in [1.29, 1.82) is 0 Å². The van der Waals surface area contributed by atoms with Gasteiger partial charge in [-0.15, -0.1) is 0 Å². The van der Waals surface area contributed by atoms with Crippen molar-refractivity contribution in [3.05, 3.63) is 92.0 Å². The zero-order chi connectivity index (χ0) is 18.0. The number of aromatic nitrogens is 1. The number of halogens is 1. The summed E-state index contributed by atoms with van der Waals surface area (Å²) in [5, 5.41) is 11.3. The molecule has 6 heteroatoms. The van der Waals surface area contributed by atoms with Crippen LogP contribution in [0.25, 0.3) is 16.0 Å². The van der Waals surface area contributed by atoms with Crippen molar-refractivity contribution in [3.63, 3.8) is 0 Å². The molecule has 0 saturated heterocycles. The van der Waals surface area contributed by atoms with Gasteiger partial charge in [0.1, 0.15) is 0 Å². The molecule has 0 unspecified atom stereocenters. The van der Waals surface area contributed by atoms with Crippen molar-refractivity contribution in [2.45, 2.75) is 13.5 Å². The Morgan fingerprint density at radius 2 is 1.88 bits per heavy atom. The first-order valence-electron chi connectivity index (χ1n) is 7.55. The largest absolute Gasteiger partial charge is 0.346 e. The summed E-state index contributed by atoms with van der Waals surface area (Å²) in [6, 6.07) is 14.4. The molecule has 0 spiro atoms. The standard InChI is InChI=1S/C19H14BrN3O2/c1-13-9-15(14-3-6-18(21-2)7-4-14)11-22(13)12-16-10-17(20)5-8-19(16)23(24)25/h3-11H,12H2,1H3. The van der Waals surface area contributed by atoms with Crippen molar-refractivity contribution < 1.29 is 4.92 Å². The van der Waals surface area contributed by atoms with E-state index in [1.807, 2.05) is 35.9 Å². The fraction of sp³-hybridized carbons (Fsp3) is 0.105. The first kappa shape index (κ1) is 16.9. The van der Waals surface area contributed by atoms with E-state index in [1.54, 1.807) is 24.3 Å². The molecule has 0 N–H and O–H groups in total. The summed E-state index contributed by atoms with van der Waals surface area (Å²) in [6.07, 6.45) is 1.98. The van der Waals surface area contributed by atoms with Crippen LogP contribution in [-0.2, 0) is 6.54 Å². The Morgan fingerprint density at radius 1 is 1.16 bits per heavy atom. The fourth-order valence-corrected chi connectivity index (χ4v) is 3.12. The van der Waals surface area contributed by atoms with Crippen molar-refractivity contribution in [1.82, 2.24) is 4.57 Å². The van der Waals surface area contributed by atoms with Crippen LogP contribution in [0.5, 0.6) is 0 Å². The molecule has 0 aliphatic carbocycles. The molecule has 25 heavy (non-hydrogen) atoms. The Bertz CT molecular complexity index is 985. The maximum absolute atomic E-state index is 11.3. The van der Waals surface area contributed by atoms with Gasteiger partial charge in [-0.05, 0) is 36.2 Å². The van der Waals surface area contributed by atoms with Crippen LogP contribution in [0.4, 0.5) is 11.4 Å². The summed E-state index contributed by atoms with van der Waals surface area (Å²) >= 11 is 3.38. The van der Waals surface area contributed by atoms with Gasteiger partial charge >= 0.3 is 0 Å². The smallest absolute Gasteiger partial charge is 0.274 e. The van der Waals surface area contributed by atoms with Gasteiger partial charge < -0.3 is 4.57 Å². The minimum atomic E-state index is -0.357. The minimum absolute atomic E-state index is 0.110. The Hall–Kier alpha value is -2.91. The molecule has 124 valence electrons. The molecule has 0 radical (unpaired) electrons. The maximum atomic E-state index is 11.3. The zero-order valence-electron chi connectivity index (χ0n) is 13.4. The predicted molar refractivity (Wildman–Crippen MR) is 101 cm³/mol. The lowest BCUT2D eigenvalue weighted by atomic mass is 10.1. The predicted octanol–water partition coefficient (Wildman–Crippen LogP) is 5.73. The van der Waals surface area contributed by atoms with Gasteiger partial charge in [-0.3, -0.25) is 10.1 Å². The van der Waals surface area contributed by atoms with E-state index >= 15 is 0 Å². The van der Waals surface area contributed by atoms with Gasteiger partial charge in [0, 0.05) is 22.4 Å². The Morgan fingerprint density at radius 3 is 2.52 bits per heavy atom. The average Bonchev–Trinajstić information content (AvgIpc) is 2.95. The van der Waals surface area contributed by atoms with Crippen LogP contribution < -0.4 is 0 Å². The number of benzene rings is 2. The summed E-state index contributed by atoms with van der Waals surface area (Å²) in [7, 11) is 0. The van der Waals surface area contributed by atoms with Gasteiger partial charge in [-0.1, -0.05) is 40.2 Å². The zero-order valence-corrected chi connectivity index (χ0v) is 15.0. The number of hydrogen-bond donors (Lipinski definition) is 0. The number of nitrogens with zero attached hydrogens (tertiary/aromatic N) is 3. The van der Waals surface area contributed by atoms with Crippen LogP contribution in [0.1, 0.15) is 11.3 Å². The number of nitro benzene ring substituents is 1. The number of nitro groups is 1. The highest BCUT2D eigenvalue weighted by Gasteiger charge is 2.15. The molecule has 5 nitrogen and oxygen atoms in total. The second kappa shape index (κ2) is 6.91. The second-order valence-corrected chi connectivity index (χ2v) is 6.60. The molecule has 2 aromatic carbocycles. The SMILES string of the molecule is [C-]#[N+]c1ccc(-c2cc(C)n(Cc3cc(Br)ccc3[N+](=O)[O-])c2)cc1. The topological polar surface area (TPSA) is 52.4 Å². The van der Waals surface area contributed by atoms with E-state index in [-0.39, 0.29) is 10.6 Å². The monoisotopic (exact) mass is 395 g/mol. The Balaban J connectivity index is 1.95. The van der Waals surface area contributed by atoms with Crippen LogP contribution in [-0.4, -0.2) is 9.49 Å². The summed E-state index contributed by atoms with van der Waals surface area (Å²) in [5.41, 5.74) is 4.40. The molecule has 3 rings (SSSR count). The minimum Gasteiger partial charge on any atom is -0.346 e. The number of rotatable bonds is 4. The average molecular weight is 396 g/mol. The first-order valence-corrected chi connectivity index (χ1v) is 8.34. The van der Waals surface area contributed by atoms with E-state index in [2.05, 4.69) is 20.8 Å². The van der Waals surface area contributed by atoms with E-state index in [0.717, 1.165) is 21.3 Å². The van der Waals surface area contributed by atoms with Gasteiger partial charge in [-0.25, -0.2) is 4.85 Å². The molecule has 1 aromatic heterocycles. The Kier molecular flexibility index (Phi) is 4.68. The quantitative estimate of drug-likeness (QED) is 0.321. The highest BCUT2D eigenvalue weighted by Crippen LogP contribution is 2.28. The molecule has 3 aromatic rings. The first-order chi connectivity index (χ1) is 12.0. The van der Waals surface area contributed by atoms with E-state index in [1.165, 1.54) is 6.07 Å². The highest BCUT2D eigenvalue weighted by atomic mass is 79.9. The maximum Gasteiger partial charge on any atom is 0.274 e. The molecular weight excluding hydrogens is 382 g/mol. The van der Waals surface area contributed by atoms with E-state index in [0.29, 0.717) is 17.8 Å². The van der Waals surface area contributed by atoms with Crippen LogP contribution in [0.2, 0.25) is 0 Å². The molecule has 0 bridgehead atoms. The molecule has 0 amide bonds. The van der Waals surface area contributed by atoms with Crippen LogP contribution in [0, 0.1) is 23.6 Å². The summed E-state index contributed by atoms with van der Waals surface area (Å²) in [6.45, 7) is 9.41. The lowest BCUT2D eigenvalue weighted by Gasteiger charge is -2.07. The third kappa shape index (κ3) is 3.62. The fourth-order valence-electron chi connectivity index (χ4n) is 2.71. The third-order valence-electron chi connectivity index (χ3n) is 4.02. The lowest BCUT2D eigenvalue weighted by molar-refractivity contribution is -0.385. The van der Waals surface area contributed by atoms with Crippen molar-refractivity contribution in [3.8, 4) is 11.1 Å². The molecular formula is C19H14BrN3O2. The third-order valence-corrected chi connectivity index (χ3v) is 4.51. The van der Waals surface area contributed by atoms with Crippen LogP contribution >= 0.6 is 15.9 Å². The van der Waals surface area contributed by atoms with E-state index in [4.69, 9.17) is 6.57 Å². The highest BCUT2D eigenvalue weighted by molar-refractivity contribution is 9.10. The second-order valence-electron chi connectivity index (χ2n) is 5.69. The summed E-state index contributed by atoms with van der Waals surface area (Å²) < 4.78 is 2.81. The van der Waals surface area contributed by atoms with Gasteiger partial charge in [0.05, 0.1) is 23.6 Å². The van der Waals surface area contributed by atoms with Gasteiger partial charge in [-0.2, -0.15) is 0 Å². The van der Waals surface area contributed by atoms with Crippen molar-refractivity contribution in [2.75, 3.05) is 0 Å². The molecule has 0 fully saturated rings. The van der Waals surface area contributed by atoms with Gasteiger partial charge in [0.25, 0.3) is 5.69 Å². The van der Waals surface area contributed by atoms with Crippen molar-refractivity contribution in [2.24, 2.45) is 0 Å². The molecule has 0 aliphatic heterocycles. The van der Waals surface area contributed by atoms with Crippen LogP contribution in [0.3, 0.4) is 0 Å². The summed E-state index contributed by atoms with van der Waals surface area (Å²) in [4.78, 5) is 14.3. The van der Waals surface area contributed by atoms with E-state index in [9.17, 15) is 10.1 Å². The molecule has 0 saturated carbocycles. The van der Waals surface area contributed by atoms with Gasteiger partial charge in [0.15, 0.2) is 5.69 Å². The Labute approximate surface area is 153 Å². The molecule has 1 heterocycles. The van der Waals surface area contributed by atoms with Gasteiger partial charge in [0.2, 0.25) is 0 Å². The number of hydrogen-bond acceptors (Lipinski definition) is 2. The summed E-state index contributed by atoms with van der Waals surface area (Å²) in [5.74, 6) is 0. The van der Waals surface area contributed by atoms with Crippen molar-refractivity contribution >= 4 is 27.3 Å². The lowest BCUT2D eigenvalue weighted by Crippen LogP contribution is -2.03. The normalized spacial score (nSPS) is 10.4. The molecule has 0 atom stereocenters.